The molecule has 0 spiro atoms. The number of rotatable bonds is 8. The van der Waals surface area contributed by atoms with E-state index in [4.69, 9.17) is 4.74 Å². The van der Waals surface area contributed by atoms with Gasteiger partial charge in [-0.1, -0.05) is 13.8 Å². The van der Waals surface area contributed by atoms with Gasteiger partial charge in [-0.2, -0.15) is 0 Å². The fourth-order valence-electron chi connectivity index (χ4n) is 2.19. The molecule has 1 aliphatic rings. The van der Waals surface area contributed by atoms with Crippen molar-refractivity contribution in [1.82, 2.24) is 10.2 Å². The van der Waals surface area contributed by atoms with E-state index in [1.807, 2.05) is 7.05 Å². The molecule has 0 saturated carbocycles. The van der Waals surface area contributed by atoms with Gasteiger partial charge in [-0.25, -0.2) is 0 Å². The van der Waals surface area contributed by atoms with Gasteiger partial charge in [0.15, 0.2) is 0 Å². The second kappa shape index (κ2) is 8.04. The molecule has 0 radical (unpaired) electrons. The molecule has 1 atom stereocenters. The van der Waals surface area contributed by atoms with Crippen LogP contribution in [-0.2, 0) is 4.74 Å². The van der Waals surface area contributed by atoms with Crippen LogP contribution in [0.15, 0.2) is 0 Å². The largest absolute Gasteiger partial charge is 0.380 e. The zero-order chi connectivity index (χ0) is 11.8. The minimum absolute atomic E-state index is 0.756. The number of nitrogens with one attached hydrogen (secondary N) is 1. The van der Waals surface area contributed by atoms with Crippen LogP contribution in [0.25, 0.3) is 0 Å². The lowest BCUT2D eigenvalue weighted by Gasteiger charge is -2.16. The van der Waals surface area contributed by atoms with Crippen molar-refractivity contribution in [2.75, 3.05) is 46.4 Å². The van der Waals surface area contributed by atoms with E-state index in [0.29, 0.717) is 0 Å². The first-order valence-electron chi connectivity index (χ1n) is 6.67. The number of hydrogen-bond donors (Lipinski definition) is 1. The van der Waals surface area contributed by atoms with Crippen LogP contribution in [0.1, 0.15) is 26.7 Å². The number of hydrogen-bond acceptors (Lipinski definition) is 3. The lowest BCUT2D eigenvalue weighted by atomic mass is 10.1. The highest BCUT2D eigenvalue weighted by molar-refractivity contribution is 4.76. The van der Waals surface area contributed by atoms with Gasteiger partial charge >= 0.3 is 0 Å². The average Bonchev–Trinajstić information content (AvgIpc) is 2.65. The smallest absolute Gasteiger partial charge is 0.0593 e. The minimum Gasteiger partial charge on any atom is -0.380 e. The van der Waals surface area contributed by atoms with Gasteiger partial charge < -0.3 is 15.0 Å². The Bertz CT molecular complexity index is 173. The summed E-state index contributed by atoms with van der Waals surface area (Å²) < 4.78 is 5.64. The van der Waals surface area contributed by atoms with E-state index in [2.05, 4.69) is 24.1 Å². The summed E-state index contributed by atoms with van der Waals surface area (Å²) in [7, 11) is 2.04. The second-order valence-corrected chi connectivity index (χ2v) is 5.31. The van der Waals surface area contributed by atoms with Gasteiger partial charge in [-0.15, -0.1) is 0 Å². The lowest BCUT2D eigenvalue weighted by molar-refractivity contribution is 0.102. The molecular formula is C13H28N2O. The maximum Gasteiger partial charge on any atom is 0.0593 e. The third kappa shape index (κ3) is 5.83. The molecule has 0 aromatic heterocycles. The molecule has 0 amide bonds. The van der Waals surface area contributed by atoms with Gasteiger partial charge in [-0.05, 0) is 44.8 Å². The molecule has 0 bridgehead atoms. The Morgan fingerprint density at radius 1 is 1.38 bits per heavy atom. The van der Waals surface area contributed by atoms with Crippen LogP contribution in [0, 0.1) is 11.8 Å². The van der Waals surface area contributed by atoms with Crippen LogP contribution in [-0.4, -0.2) is 51.3 Å². The van der Waals surface area contributed by atoms with Gasteiger partial charge in [0.25, 0.3) is 0 Å². The first-order valence-corrected chi connectivity index (χ1v) is 6.67. The molecule has 1 aliphatic heterocycles. The summed E-state index contributed by atoms with van der Waals surface area (Å²) in [5.41, 5.74) is 0. The van der Waals surface area contributed by atoms with E-state index in [0.717, 1.165) is 38.1 Å². The molecule has 1 fully saturated rings. The number of likely N-dealkylation sites (tertiary alicyclic amines) is 1. The molecule has 1 N–H and O–H groups in total. The Morgan fingerprint density at radius 3 is 2.88 bits per heavy atom. The fraction of sp³-hybridized carbons (Fsp3) is 1.00. The molecule has 0 aliphatic carbocycles. The summed E-state index contributed by atoms with van der Waals surface area (Å²) in [6.45, 7) is 11.1. The molecular weight excluding hydrogens is 200 g/mol. The maximum atomic E-state index is 5.64. The molecule has 1 saturated heterocycles. The third-order valence-electron chi connectivity index (χ3n) is 3.25. The zero-order valence-corrected chi connectivity index (χ0v) is 11.2. The maximum absolute atomic E-state index is 5.64. The summed E-state index contributed by atoms with van der Waals surface area (Å²) in [6.07, 6.45) is 2.52. The first kappa shape index (κ1) is 13.9. The van der Waals surface area contributed by atoms with Gasteiger partial charge in [-0.3, -0.25) is 0 Å². The van der Waals surface area contributed by atoms with E-state index < -0.39 is 0 Å². The van der Waals surface area contributed by atoms with E-state index >= 15 is 0 Å². The molecule has 0 aromatic carbocycles. The van der Waals surface area contributed by atoms with Crippen LogP contribution in [0.4, 0.5) is 0 Å². The van der Waals surface area contributed by atoms with Gasteiger partial charge in [0.2, 0.25) is 0 Å². The average molecular weight is 228 g/mol. The molecule has 16 heavy (non-hydrogen) atoms. The topological polar surface area (TPSA) is 24.5 Å². The predicted octanol–water partition coefficient (Wildman–Crippen LogP) is 1.59. The quantitative estimate of drug-likeness (QED) is 0.639. The Balaban J connectivity index is 1.94. The molecule has 1 rings (SSSR count). The standard InChI is InChI=1S/C13H28N2O/c1-12(2)5-8-16-9-7-15-6-4-13(11-15)10-14-3/h12-14H,4-11H2,1-3H3. The highest BCUT2D eigenvalue weighted by atomic mass is 16.5. The predicted molar refractivity (Wildman–Crippen MR) is 68.7 cm³/mol. The number of ether oxygens (including phenoxy) is 1. The summed E-state index contributed by atoms with van der Waals surface area (Å²) in [6, 6.07) is 0. The zero-order valence-electron chi connectivity index (χ0n) is 11.2. The van der Waals surface area contributed by atoms with Gasteiger partial charge in [0, 0.05) is 19.7 Å². The van der Waals surface area contributed by atoms with Crippen molar-refractivity contribution in [2.24, 2.45) is 11.8 Å². The summed E-state index contributed by atoms with van der Waals surface area (Å²) in [5, 5.41) is 3.26. The Kier molecular flexibility index (Phi) is 7.01. The van der Waals surface area contributed by atoms with E-state index in [-0.39, 0.29) is 0 Å². The van der Waals surface area contributed by atoms with E-state index in [1.165, 1.54) is 25.9 Å². The summed E-state index contributed by atoms with van der Waals surface area (Å²) in [5.74, 6) is 1.60. The molecule has 1 heterocycles. The van der Waals surface area contributed by atoms with Crippen molar-refractivity contribution >= 4 is 0 Å². The van der Waals surface area contributed by atoms with Crippen molar-refractivity contribution in [3.63, 3.8) is 0 Å². The van der Waals surface area contributed by atoms with Gasteiger partial charge in [0.05, 0.1) is 6.61 Å². The molecule has 96 valence electrons. The Morgan fingerprint density at radius 2 is 2.19 bits per heavy atom. The third-order valence-corrected chi connectivity index (χ3v) is 3.25. The summed E-state index contributed by atoms with van der Waals surface area (Å²) in [4.78, 5) is 2.53. The van der Waals surface area contributed by atoms with Crippen LogP contribution in [0.2, 0.25) is 0 Å². The van der Waals surface area contributed by atoms with Crippen LogP contribution in [0.5, 0.6) is 0 Å². The number of nitrogens with zero attached hydrogens (tertiary/aromatic N) is 1. The monoisotopic (exact) mass is 228 g/mol. The second-order valence-electron chi connectivity index (χ2n) is 5.31. The highest BCUT2D eigenvalue weighted by Gasteiger charge is 2.20. The summed E-state index contributed by atoms with van der Waals surface area (Å²) >= 11 is 0. The molecule has 1 unspecified atom stereocenters. The van der Waals surface area contributed by atoms with Crippen LogP contribution < -0.4 is 5.32 Å². The lowest BCUT2D eigenvalue weighted by Crippen LogP contribution is -2.27. The van der Waals surface area contributed by atoms with Crippen molar-refractivity contribution in [3.05, 3.63) is 0 Å². The Hall–Kier alpha value is -0.120. The highest BCUT2D eigenvalue weighted by Crippen LogP contribution is 2.14. The fourth-order valence-corrected chi connectivity index (χ4v) is 2.19. The van der Waals surface area contributed by atoms with Crippen molar-refractivity contribution in [1.29, 1.82) is 0 Å². The molecule has 0 aromatic rings. The van der Waals surface area contributed by atoms with Crippen LogP contribution >= 0.6 is 0 Å². The van der Waals surface area contributed by atoms with Crippen molar-refractivity contribution in [3.8, 4) is 0 Å². The van der Waals surface area contributed by atoms with E-state index in [1.54, 1.807) is 0 Å². The Labute approximate surface area is 101 Å². The SMILES string of the molecule is CNCC1CCN(CCOCCC(C)C)C1. The molecule has 3 nitrogen and oxygen atoms in total. The van der Waals surface area contributed by atoms with Crippen molar-refractivity contribution in [2.45, 2.75) is 26.7 Å². The minimum atomic E-state index is 0.756. The normalized spacial score (nSPS) is 22.1. The van der Waals surface area contributed by atoms with E-state index in [9.17, 15) is 0 Å². The first-order chi connectivity index (χ1) is 7.72. The van der Waals surface area contributed by atoms with Gasteiger partial charge in [0.1, 0.15) is 0 Å². The van der Waals surface area contributed by atoms with Crippen molar-refractivity contribution < 1.29 is 4.74 Å². The van der Waals surface area contributed by atoms with Crippen LogP contribution in [0.3, 0.4) is 0 Å². The molecule has 3 heteroatoms.